The molecule has 10 heterocycles. The third kappa shape index (κ3) is 8.27. The summed E-state index contributed by atoms with van der Waals surface area (Å²) in [4.78, 5) is 0. The zero-order valence-electron chi connectivity index (χ0n) is 44.4. The molecule has 0 N–H and O–H groups in total. The summed E-state index contributed by atoms with van der Waals surface area (Å²) in [5.74, 6) is 0. The molecule has 10 rings (SSSR count). The van der Waals surface area contributed by atoms with E-state index in [0.717, 1.165) is 26.4 Å². The van der Waals surface area contributed by atoms with E-state index in [1.165, 1.54) is 180 Å². The number of unbranched alkanes of at least 4 members (excludes halogenated alkanes) is 8. The van der Waals surface area contributed by atoms with Gasteiger partial charge in [-0.1, -0.05) is 0 Å². The number of aromatic nitrogens is 4. The first-order chi connectivity index (χ1) is 32.9. The van der Waals surface area contributed by atoms with E-state index in [1.807, 2.05) is 0 Å². The van der Waals surface area contributed by atoms with Crippen LogP contribution in [0, 0.1) is 0 Å². The van der Waals surface area contributed by atoms with Crippen LogP contribution in [-0.2, 0) is 31.1 Å². The first-order valence-electron chi connectivity index (χ1n) is 29.0. The van der Waals surface area contributed by atoms with Gasteiger partial charge in [-0.05, 0) is 25.7 Å². The van der Waals surface area contributed by atoms with E-state index in [9.17, 15) is 0 Å². The van der Waals surface area contributed by atoms with Gasteiger partial charge in [-0.3, -0.25) is 0 Å². The summed E-state index contributed by atoms with van der Waals surface area (Å²) >= 11 is -4.27. The van der Waals surface area contributed by atoms with Crippen LogP contribution >= 0.6 is 0 Å². The minimum absolute atomic E-state index is 0.0434. The SMILES string of the molecule is C1CCOC1.C1CCOC1.CCCCC1(CCCC)c2ccc3[n]2[Sn]24[n]5c1ccc5C(CCCC)(CCCC)c1ccc([n]12)C(CCCC)(CCCC)c1ccc([n]14)C3(CCCC)CCCC. The van der Waals surface area contributed by atoms with Gasteiger partial charge in [0.25, 0.3) is 0 Å². The van der Waals surface area contributed by atoms with E-state index >= 15 is 0 Å². The van der Waals surface area contributed by atoms with Crippen LogP contribution in [0.25, 0.3) is 0 Å². The third-order valence-corrected chi connectivity index (χ3v) is 30.3. The maximum absolute atomic E-state index is 4.94. The molecule has 1 spiro atoms. The van der Waals surface area contributed by atoms with E-state index in [2.05, 4.69) is 115 Å². The fourth-order valence-electron chi connectivity index (χ4n) is 14.6. The van der Waals surface area contributed by atoms with E-state index in [0.29, 0.717) is 0 Å². The first kappa shape index (κ1) is 51.2. The maximum atomic E-state index is 4.94. The van der Waals surface area contributed by atoms with Crippen LogP contribution in [0.1, 0.15) is 281 Å². The Kier molecular flexibility index (Phi) is 17.2. The molecule has 4 aromatic heterocycles. The van der Waals surface area contributed by atoms with Crippen LogP contribution in [0.4, 0.5) is 0 Å². The number of hydrogen-bond donors (Lipinski definition) is 0. The van der Waals surface area contributed by atoms with Crippen molar-refractivity contribution < 1.29 is 9.47 Å². The molecule has 0 radical (unpaired) electrons. The predicted octanol–water partition coefficient (Wildman–Crippen LogP) is 16.3. The summed E-state index contributed by atoms with van der Waals surface area (Å²) in [5.41, 5.74) is 13.9. The van der Waals surface area contributed by atoms with Crippen molar-refractivity contribution in [2.24, 2.45) is 0 Å². The topological polar surface area (TPSA) is 38.2 Å². The summed E-state index contributed by atoms with van der Waals surface area (Å²) in [6, 6.07) is 22.0. The van der Waals surface area contributed by atoms with E-state index in [1.54, 1.807) is 45.6 Å². The molecule has 6 aliphatic heterocycles. The second-order valence-corrected chi connectivity index (χ2v) is 30.7. The molecule has 0 unspecified atom stereocenters. The van der Waals surface area contributed by atoms with Gasteiger partial charge in [-0.2, -0.15) is 0 Å². The van der Waals surface area contributed by atoms with Gasteiger partial charge >= 0.3 is 356 Å². The van der Waals surface area contributed by atoms with Gasteiger partial charge in [0.2, 0.25) is 0 Å². The van der Waals surface area contributed by atoms with Crippen molar-refractivity contribution in [2.75, 3.05) is 26.4 Å². The van der Waals surface area contributed by atoms with Crippen LogP contribution in [0.15, 0.2) is 48.5 Å². The number of ether oxygens (including phenoxy) is 2. The number of rotatable bonds is 24. The van der Waals surface area contributed by atoms with Crippen LogP contribution in [0.2, 0.25) is 0 Å². The molecule has 0 aromatic carbocycles. The molecule has 0 amide bonds. The van der Waals surface area contributed by atoms with Gasteiger partial charge in [0.15, 0.2) is 0 Å². The predicted molar refractivity (Wildman–Crippen MR) is 284 cm³/mol. The molecule has 0 atom stereocenters. The molecule has 7 heteroatoms. The second kappa shape index (κ2) is 22.5. The zero-order valence-corrected chi connectivity index (χ0v) is 47.2. The van der Waals surface area contributed by atoms with Crippen LogP contribution in [-0.4, -0.2) is 57.1 Å². The van der Waals surface area contributed by atoms with E-state index in [-0.39, 0.29) is 21.7 Å². The Bertz CT molecular complexity index is 1740. The molecule has 0 bridgehead atoms. The van der Waals surface area contributed by atoms with Gasteiger partial charge < -0.3 is 9.47 Å². The number of nitrogens with zero attached hydrogens (tertiary/aromatic N) is 4. The van der Waals surface area contributed by atoms with Crippen LogP contribution < -0.4 is 0 Å². The molecule has 67 heavy (non-hydrogen) atoms. The Morgan fingerprint density at radius 3 is 0.597 bits per heavy atom. The molecule has 0 saturated carbocycles. The Morgan fingerprint density at radius 2 is 0.478 bits per heavy atom. The van der Waals surface area contributed by atoms with Crippen molar-refractivity contribution in [3.05, 3.63) is 94.1 Å². The molecule has 6 nitrogen and oxygen atoms in total. The fraction of sp³-hybridized carbons (Fsp3) is 0.733. The van der Waals surface area contributed by atoms with Gasteiger partial charge in [0.05, 0.1) is 0 Å². The Labute approximate surface area is 415 Å². The van der Waals surface area contributed by atoms with E-state index in [4.69, 9.17) is 9.47 Å². The third-order valence-electron chi connectivity index (χ3n) is 18.0. The van der Waals surface area contributed by atoms with Crippen molar-refractivity contribution in [3.8, 4) is 0 Å². The Morgan fingerprint density at radius 1 is 0.313 bits per heavy atom. The monoisotopic (exact) mass is 1020 g/mol. The summed E-state index contributed by atoms with van der Waals surface area (Å²) < 4.78 is 23.1. The Balaban J connectivity index is 0.000000539. The van der Waals surface area contributed by atoms with Crippen molar-refractivity contribution in [2.45, 2.75) is 257 Å². The molecule has 372 valence electrons. The normalized spacial score (nSPS) is 19.6. The minimum atomic E-state index is -4.27. The van der Waals surface area contributed by atoms with Gasteiger partial charge in [-0.15, -0.1) is 0 Å². The van der Waals surface area contributed by atoms with E-state index < -0.39 is 19.5 Å². The van der Waals surface area contributed by atoms with Crippen molar-refractivity contribution in [1.29, 1.82) is 0 Å². The molecule has 4 aromatic rings. The summed E-state index contributed by atoms with van der Waals surface area (Å²) in [7, 11) is 0. The standard InChI is InChI=1S/C52H80N4.2C4H8O.Sn/c1-9-17-33-49(34-18-10-2)41-25-27-43(53-41)50(35-19-11-3,36-20-12-4)45-29-31-47(55-45)52(39-23-15-7,40-24-16-8)48-32-30-46(56-48)51(37-21-13-5,38-22-14-6)44-28-26-42(49)54-44;2*1-2-4-5-3-1;/h25-32H,9-24,33-40H2,1-8H3;2*1-4H2;/q-4;;;+4. The van der Waals surface area contributed by atoms with Gasteiger partial charge in [-0.25, -0.2) is 0 Å². The summed E-state index contributed by atoms with van der Waals surface area (Å²) in [5, 5.41) is 0. The molecule has 6 aliphatic rings. The zero-order chi connectivity index (χ0) is 47.1. The quantitative estimate of drug-likeness (QED) is 0.0656. The van der Waals surface area contributed by atoms with Gasteiger partial charge in [0, 0.05) is 26.4 Å². The molecule has 0 aliphatic carbocycles. The van der Waals surface area contributed by atoms with Crippen molar-refractivity contribution in [1.82, 2.24) is 11.2 Å². The molecule has 2 saturated heterocycles. The fourth-order valence-corrected chi connectivity index (χ4v) is 31.9. The molecular weight excluding hydrogens is 927 g/mol. The van der Waals surface area contributed by atoms with Gasteiger partial charge in [0.1, 0.15) is 0 Å². The number of hydrogen-bond acceptors (Lipinski definition) is 2. The first-order valence-corrected chi connectivity index (χ1v) is 34.1. The molecule has 2 fully saturated rings. The molecular formula is C60H96N4O2Sn. The van der Waals surface area contributed by atoms with Crippen molar-refractivity contribution >= 4 is 19.5 Å². The summed E-state index contributed by atoms with van der Waals surface area (Å²) in [6.45, 7) is 23.5. The van der Waals surface area contributed by atoms with Crippen LogP contribution in [0.3, 0.4) is 0 Å². The van der Waals surface area contributed by atoms with Crippen molar-refractivity contribution in [3.63, 3.8) is 0 Å². The summed E-state index contributed by atoms with van der Waals surface area (Å²) in [6.07, 6.45) is 35.6. The van der Waals surface area contributed by atoms with Crippen LogP contribution in [0.5, 0.6) is 0 Å². The average molecular weight is 1020 g/mol. The Hall–Kier alpha value is -2.16. The average Bonchev–Trinajstić information content (AvgIpc) is 4.21. The second-order valence-electron chi connectivity index (χ2n) is 22.2.